The van der Waals surface area contributed by atoms with Crippen molar-refractivity contribution in [3.63, 3.8) is 0 Å². The predicted octanol–water partition coefficient (Wildman–Crippen LogP) is 4.05. The Bertz CT molecular complexity index is 360. The summed E-state index contributed by atoms with van der Waals surface area (Å²) >= 11 is 12.1. The van der Waals surface area contributed by atoms with E-state index in [1.807, 2.05) is 0 Å². The van der Waals surface area contributed by atoms with Gasteiger partial charge in [-0.15, -0.1) is 0 Å². The number of rotatable bonds is 7. The smallest absolute Gasteiger partial charge is 0.0721 e. The molecular formula is C13H20Cl2N2O. The number of hydrogen-bond acceptors (Lipinski definition) is 3. The zero-order valence-electron chi connectivity index (χ0n) is 10.8. The fourth-order valence-corrected chi connectivity index (χ4v) is 2.07. The first-order chi connectivity index (χ1) is 8.50. The third-order valence-corrected chi connectivity index (χ3v) is 3.05. The van der Waals surface area contributed by atoms with Crippen molar-refractivity contribution in [2.75, 3.05) is 30.8 Å². The molecule has 0 amide bonds. The minimum absolute atomic E-state index is 0.530. The summed E-state index contributed by atoms with van der Waals surface area (Å²) < 4.78 is 5.50. The van der Waals surface area contributed by atoms with Crippen molar-refractivity contribution < 1.29 is 4.74 Å². The molecule has 0 fully saturated rings. The minimum Gasteiger partial charge on any atom is -0.399 e. The zero-order chi connectivity index (χ0) is 13.5. The van der Waals surface area contributed by atoms with Crippen LogP contribution in [0, 0.1) is 5.92 Å². The molecule has 0 radical (unpaired) electrons. The number of nitrogen functional groups attached to an aromatic ring is 1. The van der Waals surface area contributed by atoms with E-state index in [1.54, 1.807) is 12.1 Å². The van der Waals surface area contributed by atoms with Gasteiger partial charge in [0.1, 0.15) is 0 Å². The number of nitrogens with two attached hydrogens (primary N) is 1. The van der Waals surface area contributed by atoms with Crippen LogP contribution in [-0.4, -0.2) is 19.8 Å². The van der Waals surface area contributed by atoms with Crippen molar-refractivity contribution >= 4 is 34.6 Å². The van der Waals surface area contributed by atoms with E-state index in [2.05, 4.69) is 19.2 Å². The van der Waals surface area contributed by atoms with Crippen LogP contribution in [0.5, 0.6) is 0 Å². The quantitative estimate of drug-likeness (QED) is 0.588. The molecule has 1 aromatic carbocycles. The molecule has 3 N–H and O–H groups in total. The van der Waals surface area contributed by atoms with Gasteiger partial charge in [-0.05, 0) is 24.5 Å². The van der Waals surface area contributed by atoms with Gasteiger partial charge >= 0.3 is 0 Å². The third kappa shape index (κ3) is 5.34. The molecular weight excluding hydrogens is 271 g/mol. The summed E-state index contributed by atoms with van der Waals surface area (Å²) in [4.78, 5) is 0. The van der Waals surface area contributed by atoms with Crippen molar-refractivity contribution in [2.45, 2.75) is 20.3 Å². The van der Waals surface area contributed by atoms with Gasteiger partial charge in [0.25, 0.3) is 0 Å². The highest BCUT2D eigenvalue weighted by Gasteiger charge is 2.06. The normalized spacial score (nSPS) is 10.9. The van der Waals surface area contributed by atoms with E-state index in [0.29, 0.717) is 40.5 Å². The first-order valence-corrected chi connectivity index (χ1v) is 6.82. The largest absolute Gasteiger partial charge is 0.399 e. The van der Waals surface area contributed by atoms with Crippen molar-refractivity contribution in [2.24, 2.45) is 5.92 Å². The van der Waals surface area contributed by atoms with E-state index < -0.39 is 0 Å². The summed E-state index contributed by atoms with van der Waals surface area (Å²) in [5, 5.41) is 4.21. The lowest BCUT2D eigenvalue weighted by molar-refractivity contribution is 0.132. The highest BCUT2D eigenvalue weighted by molar-refractivity contribution is 6.39. The Morgan fingerprint density at radius 1 is 1.22 bits per heavy atom. The van der Waals surface area contributed by atoms with Gasteiger partial charge in [0.2, 0.25) is 0 Å². The summed E-state index contributed by atoms with van der Waals surface area (Å²) in [6.07, 6.45) is 1.07. The highest BCUT2D eigenvalue weighted by Crippen LogP contribution is 2.32. The van der Waals surface area contributed by atoms with Crippen molar-refractivity contribution in [1.82, 2.24) is 0 Å². The Kier molecular flexibility index (Phi) is 6.61. The van der Waals surface area contributed by atoms with Crippen LogP contribution >= 0.6 is 23.2 Å². The lowest BCUT2D eigenvalue weighted by atomic mass is 10.1. The van der Waals surface area contributed by atoms with E-state index in [1.165, 1.54) is 0 Å². The zero-order valence-corrected chi connectivity index (χ0v) is 12.3. The van der Waals surface area contributed by atoms with Crippen LogP contribution in [0.2, 0.25) is 10.0 Å². The Hall–Kier alpha value is -0.640. The summed E-state index contributed by atoms with van der Waals surface area (Å²) in [7, 11) is 0. The Morgan fingerprint density at radius 3 is 2.39 bits per heavy atom. The molecule has 0 atom stereocenters. The van der Waals surface area contributed by atoms with Crippen LogP contribution in [-0.2, 0) is 4.74 Å². The molecule has 0 bridgehead atoms. The first-order valence-electron chi connectivity index (χ1n) is 6.07. The highest BCUT2D eigenvalue weighted by atomic mass is 35.5. The van der Waals surface area contributed by atoms with Crippen molar-refractivity contribution in [3.8, 4) is 0 Å². The fraction of sp³-hybridized carbons (Fsp3) is 0.538. The molecule has 0 aliphatic heterocycles. The maximum absolute atomic E-state index is 6.05. The summed E-state index contributed by atoms with van der Waals surface area (Å²) in [6.45, 7) is 6.43. The molecule has 0 heterocycles. The van der Waals surface area contributed by atoms with Crippen LogP contribution in [0.4, 0.5) is 11.4 Å². The maximum atomic E-state index is 6.05. The van der Waals surface area contributed by atoms with E-state index in [-0.39, 0.29) is 0 Å². The van der Waals surface area contributed by atoms with E-state index in [0.717, 1.165) is 13.0 Å². The molecule has 1 aromatic rings. The number of ether oxygens (including phenoxy) is 1. The van der Waals surface area contributed by atoms with Crippen molar-refractivity contribution in [3.05, 3.63) is 22.2 Å². The van der Waals surface area contributed by atoms with Gasteiger partial charge in [-0.3, -0.25) is 0 Å². The molecule has 0 aliphatic carbocycles. The number of hydrogen-bond donors (Lipinski definition) is 2. The molecule has 1 rings (SSSR count). The van der Waals surface area contributed by atoms with Crippen molar-refractivity contribution in [1.29, 1.82) is 0 Å². The number of nitrogens with one attached hydrogen (secondary N) is 1. The van der Waals surface area contributed by atoms with Gasteiger partial charge in [-0.1, -0.05) is 37.0 Å². The molecule has 0 unspecified atom stereocenters. The number of anilines is 2. The molecule has 102 valence electrons. The predicted molar refractivity (Wildman–Crippen MR) is 79.6 cm³/mol. The average molecular weight is 291 g/mol. The lowest BCUT2D eigenvalue weighted by Gasteiger charge is -2.12. The SMILES string of the molecule is CC(C)CCOCCNc1c(Cl)cc(N)cc1Cl. The van der Waals surface area contributed by atoms with Crippen LogP contribution in [0.25, 0.3) is 0 Å². The summed E-state index contributed by atoms with van der Waals surface area (Å²) in [5.74, 6) is 0.666. The number of benzene rings is 1. The van der Waals surface area contributed by atoms with E-state index in [9.17, 15) is 0 Å². The second kappa shape index (κ2) is 7.72. The molecule has 5 heteroatoms. The summed E-state index contributed by atoms with van der Waals surface area (Å²) in [6, 6.07) is 3.35. The van der Waals surface area contributed by atoms with Crippen LogP contribution in [0.1, 0.15) is 20.3 Å². The van der Waals surface area contributed by atoms with Gasteiger partial charge in [0.15, 0.2) is 0 Å². The van der Waals surface area contributed by atoms with Crippen LogP contribution in [0.3, 0.4) is 0 Å². The van der Waals surface area contributed by atoms with E-state index >= 15 is 0 Å². The van der Waals surface area contributed by atoms with Gasteiger partial charge in [0, 0.05) is 18.8 Å². The fourth-order valence-electron chi connectivity index (χ4n) is 1.43. The lowest BCUT2D eigenvalue weighted by Crippen LogP contribution is -2.11. The second-order valence-corrected chi connectivity index (χ2v) is 5.40. The molecule has 3 nitrogen and oxygen atoms in total. The monoisotopic (exact) mass is 290 g/mol. The Labute approximate surface area is 119 Å². The molecule has 0 saturated heterocycles. The van der Waals surface area contributed by atoms with Gasteiger partial charge in [0.05, 0.1) is 22.3 Å². The first kappa shape index (κ1) is 15.4. The Balaban J connectivity index is 2.31. The summed E-state index contributed by atoms with van der Waals surface area (Å²) in [5.41, 5.74) is 6.90. The molecule has 0 saturated carbocycles. The molecule has 0 spiro atoms. The van der Waals surface area contributed by atoms with Crippen LogP contribution < -0.4 is 11.1 Å². The third-order valence-electron chi connectivity index (χ3n) is 2.45. The molecule has 18 heavy (non-hydrogen) atoms. The molecule has 0 aromatic heterocycles. The Morgan fingerprint density at radius 2 is 1.83 bits per heavy atom. The minimum atomic E-state index is 0.530. The van der Waals surface area contributed by atoms with Gasteiger partial charge in [-0.2, -0.15) is 0 Å². The van der Waals surface area contributed by atoms with Crippen LogP contribution in [0.15, 0.2) is 12.1 Å². The van der Waals surface area contributed by atoms with Gasteiger partial charge in [-0.25, -0.2) is 0 Å². The second-order valence-electron chi connectivity index (χ2n) is 4.58. The standard InChI is InChI=1S/C13H20Cl2N2O/c1-9(2)3-5-18-6-4-17-13-11(14)7-10(16)8-12(13)15/h7-9,17H,3-6,16H2,1-2H3. The number of halogens is 2. The topological polar surface area (TPSA) is 47.3 Å². The average Bonchev–Trinajstić information content (AvgIpc) is 2.25. The maximum Gasteiger partial charge on any atom is 0.0721 e. The molecule has 0 aliphatic rings. The van der Waals surface area contributed by atoms with Gasteiger partial charge < -0.3 is 15.8 Å². The van der Waals surface area contributed by atoms with E-state index in [4.69, 9.17) is 33.7 Å².